The van der Waals surface area contributed by atoms with Gasteiger partial charge in [-0.05, 0) is 36.4 Å². The molecule has 138 valence electrons. The van der Waals surface area contributed by atoms with Crippen LogP contribution in [0.2, 0.25) is 0 Å². The van der Waals surface area contributed by atoms with E-state index in [2.05, 4.69) is 4.74 Å². The summed E-state index contributed by atoms with van der Waals surface area (Å²) in [5, 5.41) is 0. The molecule has 0 bridgehead atoms. The van der Waals surface area contributed by atoms with E-state index in [1.165, 1.54) is 0 Å². The van der Waals surface area contributed by atoms with Crippen LogP contribution in [0, 0.1) is 0 Å². The summed E-state index contributed by atoms with van der Waals surface area (Å²) in [5.74, 6) is -2.38. The van der Waals surface area contributed by atoms with Gasteiger partial charge in [0.05, 0.1) is 22.3 Å². The van der Waals surface area contributed by atoms with Crippen molar-refractivity contribution in [1.82, 2.24) is 0 Å². The summed E-state index contributed by atoms with van der Waals surface area (Å²) in [7, 11) is 0. The second-order valence-corrected chi connectivity index (χ2v) is 5.63. The molecule has 0 radical (unpaired) electrons. The minimum Gasteiger partial charge on any atom is -0.386 e. The number of ether oxygens (including phenoxy) is 2. The van der Waals surface area contributed by atoms with Crippen LogP contribution in [0.15, 0.2) is 84.9 Å². The molecule has 0 aliphatic carbocycles. The van der Waals surface area contributed by atoms with E-state index in [4.69, 9.17) is 4.74 Å². The van der Waals surface area contributed by atoms with Crippen LogP contribution in [0.4, 0.5) is 0 Å². The first-order valence-electron chi connectivity index (χ1n) is 8.28. The highest BCUT2D eigenvalue weighted by Gasteiger charge is 2.28. The zero-order valence-corrected chi connectivity index (χ0v) is 14.5. The third-order valence-electron chi connectivity index (χ3n) is 3.76. The highest BCUT2D eigenvalue weighted by atomic mass is 16.6. The van der Waals surface area contributed by atoms with Gasteiger partial charge in [0.25, 0.3) is 0 Å². The van der Waals surface area contributed by atoms with E-state index in [9.17, 15) is 19.2 Å². The van der Waals surface area contributed by atoms with Crippen molar-refractivity contribution in [2.24, 2.45) is 0 Å². The molecule has 0 atom stereocenters. The topological polar surface area (TPSA) is 86.7 Å². The fraction of sp³-hybridized carbons (Fsp3) is 0. The van der Waals surface area contributed by atoms with Crippen molar-refractivity contribution in [3.05, 3.63) is 107 Å². The van der Waals surface area contributed by atoms with Gasteiger partial charge in [-0.15, -0.1) is 0 Å². The van der Waals surface area contributed by atoms with Crippen molar-refractivity contribution in [1.29, 1.82) is 0 Å². The molecule has 4 rings (SSSR count). The van der Waals surface area contributed by atoms with Crippen molar-refractivity contribution < 1.29 is 28.7 Å². The molecule has 0 unspecified atom stereocenters. The standard InChI is InChI=1S/C14H10O3.C8H4O3/c15-13(11-7-3-1-4-8-11)17-14(16)12-9-5-2-6-10-12;9-7-5-3-1-2-4-6(5)8(10)11-7/h1-10H;1-4H. The van der Waals surface area contributed by atoms with Gasteiger partial charge >= 0.3 is 23.9 Å². The zero-order valence-electron chi connectivity index (χ0n) is 14.5. The van der Waals surface area contributed by atoms with Crippen LogP contribution >= 0.6 is 0 Å². The Balaban J connectivity index is 0.000000176. The summed E-state index contributed by atoms with van der Waals surface area (Å²) in [5.41, 5.74) is 1.43. The normalized spacial score (nSPS) is 11.6. The third kappa shape index (κ3) is 4.37. The molecule has 0 aromatic heterocycles. The van der Waals surface area contributed by atoms with Crippen LogP contribution in [-0.2, 0) is 9.47 Å². The molecular formula is C22H14O6. The molecule has 0 fully saturated rings. The van der Waals surface area contributed by atoms with Gasteiger partial charge in [0, 0.05) is 0 Å². The van der Waals surface area contributed by atoms with Crippen molar-refractivity contribution in [2.45, 2.75) is 0 Å². The molecule has 1 aliphatic rings. The number of cyclic esters (lactones) is 2. The third-order valence-corrected chi connectivity index (χ3v) is 3.76. The number of rotatable bonds is 2. The molecule has 3 aromatic rings. The summed E-state index contributed by atoms with van der Waals surface area (Å²) in [6, 6.07) is 23.3. The van der Waals surface area contributed by atoms with E-state index < -0.39 is 23.9 Å². The van der Waals surface area contributed by atoms with Crippen LogP contribution in [0.25, 0.3) is 0 Å². The molecule has 0 amide bonds. The maximum absolute atomic E-state index is 11.6. The predicted octanol–water partition coefficient (Wildman–Crippen LogP) is 3.68. The first-order valence-corrected chi connectivity index (χ1v) is 8.28. The smallest absolute Gasteiger partial charge is 0.346 e. The summed E-state index contributed by atoms with van der Waals surface area (Å²) in [4.78, 5) is 44.8. The fourth-order valence-corrected chi connectivity index (χ4v) is 2.38. The number of carbonyl (C=O) groups excluding carboxylic acids is 4. The molecule has 0 saturated carbocycles. The van der Waals surface area contributed by atoms with Gasteiger partial charge in [-0.1, -0.05) is 48.5 Å². The maximum atomic E-state index is 11.6. The lowest BCUT2D eigenvalue weighted by atomic mass is 10.1. The molecule has 1 aliphatic heterocycles. The van der Waals surface area contributed by atoms with Crippen LogP contribution in [0.5, 0.6) is 0 Å². The Morgan fingerprint density at radius 3 is 1.32 bits per heavy atom. The molecule has 0 spiro atoms. The van der Waals surface area contributed by atoms with E-state index >= 15 is 0 Å². The van der Waals surface area contributed by atoms with E-state index in [0.717, 1.165) is 0 Å². The highest BCUT2D eigenvalue weighted by molar-refractivity contribution is 6.14. The van der Waals surface area contributed by atoms with Gasteiger partial charge in [0.15, 0.2) is 0 Å². The van der Waals surface area contributed by atoms with Gasteiger partial charge in [-0.2, -0.15) is 0 Å². The Kier molecular flexibility index (Phi) is 5.72. The Bertz CT molecular complexity index is 943. The summed E-state index contributed by atoms with van der Waals surface area (Å²) in [6.07, 6.45) is 0. The van der Waals surface area contributed by atoms with Gasteiger partial charge < -0.3 is 9.47 Å². The van der Waals surface area contributed by atoms with Crippen molar-refractivity contribution in [3.8, 4) is 0 Å². The van der Waals surface area contributed by atoms with Crippen molar-refractivity contribution in [2.75, 3.05) is 0 Å². The lowest BCUT2D eigenvalue weighted by molar-refractivity contribution is 0.0391. The van der Waals surface area contributed by atoms with Crippen LogP contribution in [0.1, 0.15) is 41.4 Å². The molecule has 6 heteroatoms. The average molecular weight is 374 g/mol. The maximum Gasteiger partial charge on any atom is 0.346 e. The minimum atomic E-state index is -0.639. The number of hydrogen-bond donors (Lipinski definition) is 0. The lowest BCUT2D eigenvalue weighted by Crippen LogP contribution is -2.12. The van der Waals surface area contributed by atoms with Crippen LogP contribution in [-0.4, -0.2) is 23.9 Å². The minimum absolute atomic E-state index is 0.358. The second-order valence-electron chi connectivity index (χ2n) is 5.63. The van der Waals surface area contributed by atoms with E-state index in [1.54, 1.807) is 84.9 Å². The monoisotopic (exact) mass is 374 g/mol. The summed E-state index contributed by atoms with van der Waals surface area (Å²) >= 11 is 0. The van der Waals surface area contributed by atoms with Gasteiger partial charge in [0.2, 0.25) is 0 Å². The van der Waals surface area contributed by atoms with Gasteiger partial charge in [0.1, 0.15) is 0 Å². The highest BCUT2D eigenvalue weighted by Crippen LogP contribution is 2.18. The Hall–Kier alpha value is -4.06. The zero-order chi connectivity index (χ0) is 19.9. The lowest BCUT2D eigenvalue weighted by Gasteiger charge is -2.02. The molecule has 3 aromatic carbocycles. The average Bonchev–Trinajstić information content (AvgIpc) is 3.04. The summed E-state index contributed by atoms with van der Waals surface area (Å²) in [6.45, 7) is 0. The largest absolute Gasteiger partial charge is 0.386 e. The number of fused-ring (bicyclic) bond motifs is 1. The van der Waals surface area contributed by atoms with Crippen molar-refractivity contribution in [3.63, 3.8) is 0 Å². The van der Waals surface area contributed by atoms with E-state index in [1.807, 2.05) is 0 Å². The van der Waals surface area contributed by atoms with E-state index in [0.29, 0.717) is 22.3 Å². The first kappa shape index (κ1) is 18.7. The molecule has 0 saturated heterocycles. The molecule has 28 heavy (non-hydrogen) atoms. The molecule has 0 N–H and O–H groups in total. The number of benzene rings is 3. The Labute approximate surface area is 160 Å². The quantitative estimate of drug-likeness (QED) is 0.502. The second kappa shape index (κ2) is 8.55. The van der Waals surface area contributed by atoms with Crippen molar-refractivity contribution >= 4 is 23.9 Å². The molecule has 1 heterocycles. The van der Waals surface area contributed by atoms with Gasteiger partial charge in [-0.3, -0.25) is 0 Å². The number of hydrogen-bond acceptors (Lipinski definition) is 6. The molecular weight excluding hydrogens is 360 g/mol. The number of carbonyl (C=O) groups is 4. The Morgan fingerprint density at radius 2 is 0.929 bits per heavy atom. The predicted molar refractivity (Wildman–Crippen MR) is 98.8 cm³/mol. The molecule has 6 nitrogen and oxygen atoms in total. The van der Waals surface area contributed by atoms with E-state index in [-0.39, 0.29) is 0 Å². The van der Waals surface area contributed by atoms with Crippen LogP contribution in [0.3, 0.4) is 0 Å². The fourth-order valence-electron chi connectivity index (χ4n) is 2.38. The number of esters is 4. The first-order chi connectivity index (χ1) is 13.6. The van der Waals surface area contributed by atoms with Crippen LogP contribution < -0.4 is 0 Å². The summed E-state index contributed by atoms with van der Waals surface area (Å²) < 4.78 is 9.10. The van der Waals surface area contributed by atoms with Gasteiger partial charge in [-0.25, -0.2) is 19.2 Å². The Morgan fingerprint density at radius 1 is 0.571 bits per heavy atom. The SMILES string of the molecule is O=C(OC(=O)c1ccccc1)c1ccccc1.O=C1OC(=O)c2ccccc21.